The zero-order valence-electron chi connectivity index (χ0n) is 14.6. The second kappa shape index (κ2) is 11.3. The SMILES string of the molecule is CCCN(C)CCC.CNC(=O)c1ccc(C(C)C)cc1. The van der Waals surface area contributed by atoms with Crippen LogP contribution in [0.15, 0.2) is 24.3 Å². The molecule has 0 aliphatic rings. The molecule has 1 aromatic carbocycles. The van der Waals surface area contributed by atoms with Crippen molar-refractivity contribution in [3.8, 4) is 0 Å². The van der Waals surface area contributed by atoms with Gasteiger partial charge in [-0.05, 0) is 56.6 Å². The third-order valence-corrected chi connectivity index (χ3v) is 3.28. The van der Waals surface area contributed by atoms with Gasteiger partial charge in [-0.25, -0.2) is 0 Å². The molecule has 120 valence electrons. The second-order valence-electron chi connectivity index (χ2n) is 5.66. The minimum atomic E-state index is -0.0321. The van der Waals surface area contributed by atoms with E-state index in [1.165, 1.54) is 31.5 Å². The highest BCUT2D eigenvalue weighted by atomic mass is 16.1. The lowest BCUT2D eigenvalue weighted by Crippen LogP contribution is -2.19. The minimum Gasteiger partial charge on any atom is -0.355 e. The Balaban J connectivity index is 0.000000433. The molecule has 0 radical (unpaired) electrons. The Morgan fingerprint density at radius 2 is 1.57 bits per heavy atom. The van der Waals surface area contributed by atoms with Crippen molar-refractivity contribution >= 4 is 5.91 Å². The van der Waals surface area contributed by atoms with Crippen LogP contribution in [0, 0.1) is 0 Å². The van der Waals surface area contributed by atoms with Crippen LogP contribution in [0.25, 0.3) is 0 Å². The fourth-order valence-electron chi connectivity index (χ4n) is 2.04. The Labute approximate surface area is 130 Å². The van der Waals surface area contributed by atoms with Crippen LogP contribution in [-0.4, -0.2) is 38.0 Å². The average molecular weight is 292 g/mol. The number of amides is 1. The Hall–Kier alpha value is -1.35. The van der Waals surface area contributed by atoms with Crippen molar-refractivity contribution in [3.63, 3.8) is 0 Å². The summed E-state index contributed by atoms with van der Waals surface area (Å²) in [4.78, 5) is 13.5. The van der Waals surface area contributed by atoms with Crippen LogP contribution in [0.5, 0.6) is 0 Å². The predicted molar refractivity (Wildman–Crippen MR) is 92.0 cm³/mol. The normalized spacial score (nSPS) is 10.3. The fourth-order valence-corrected chi connectivity index (χ4v) is 2.04. The highest BCUT2D eigenvalue weighted by Gasteiger charge is 2.03. The summed E-state index contributed by atoms with van der Waals surface area (Å²) in [5, 5.41) is 2.59. The molecule has 1 N–H and O–H groups in total. The van der Waals surface area contributed by atoms with E-state index >= 15 is 0 Å². The highest BCUT2D eigenvalue weighted by Crippen LogP contribution is 2.14. The third kappa shape index (κ3) is 8.51. The Morgan fingerprint density at radius 3 is 1.90 bits per heavy atom. The number of benzene rings is 1. The van der Waals surface area contributed by atoms with Gasteiger partial charge in [0.1, 0.15) is 0 Å². The molecule has 1 amide bonds. The quantitative estimate of drug-likeness (QED) is 0.862. The predicted octanol–water partition coefficient (Wildman–Crippen LogP) is 3.91. The minimum absolute atomic E-state index is 0.0321. The molecular formula is C18H32N2O. The van der Waals surface area contributed by atoms with Crippen LogP contribution in [0.4, 0.5) is 0 Å². The Bertz CT molecular complexity index is 379. The van der Waals surface area contributed by atoms with Gasteiger partial charge in [0.05, 0.1) is 0 Å². The molecule has 0 atom stereocenters. The van der Waals surface area contributed by atoms with E-state index in [4.69, 9.17) is 0 Å². The van der Waals surface area contributed by atoms with E-state index in [1.54, 1.807) is 7.05 Å². The molecular weight excluding hydrogens is 260 g/mol. The van der Waals surface area contributed by atoms with Crippen LogP contribution in [0.2, 0.25) is 0 Å². The topological polar surface area (TPSA) is 32.3 Å². The third-order valence-electron chi connectivity index (χ3n) is 3.28. The van der Waals surface area contributed by atoms with E-state index in [1.807, 2.05) is 24.3 Å². The second-order valence-corrected chi connectivity index (χ2v) is 5.66. The van der Waals surface area contributed by atoms with E-state index in [9.17, 15) is 4.79 Å². The molecule has 0 saturated heterocycles. The summed E-state index contributed by atoms with van der Waals surface area (Å²) in [6.45, 7) is 11.2. The van der Waals surface area contributed by atoms with Crippen molar-refractivity contribution in [2.45, 2.75) is 46.5 Å². The van der Waals surface area contributed by atoms with Crippen molar-refractivity contribution in [1.29, 1.82) is 0 Å². The van der Waals surface area contributed by atoms with Crippen molar-refractivity contribution in [2.75, 3.05) is 27.2 Å². The van der Waals surface area contributed by atoms with Crippen molar-refractivity contribution in [2.24, 2.45) is 0 Å². The summed E-state index contributed by atoms with van der Waals surface area (Å²) in [6.07, 6.45) is 2.55. The molecule has 3 nitrogen and oxygen atoms in total. The van der Waals surface area contributed by atoms with Crippen LogP contribution in [0.3, 0.4) is 0 Å². The van der Waals surface area contributed by atoms with Gasteiger partial charge < -0.3 is 10.2 Å². The summed E-state index contributed by atoms with van der Waals surface area (Å²) < 4.78 is 0. The Kier molecular flexibility index (Phi) is 10.6. The number of carbonyl (C=O) groups is 1. The van der Waals surface area contributed by atoms with Crippen LogP contribution in [-0.2, 0) is 0 Å². The van der Waals surface area contributed by atoms with E-state index in [2.05, 4.69) is 45.0 Å². The maximum absolute atomic E-state index is 11.2. The van der Waals surface area contributed by atoms with Gasteiger partial charge >= 0.3 is 0 Å². The molecule has 0 aromatic heterocycles. The zero-order chi connectivity index (χ0) is 16.3. The molecule has 21 heavy (non-hydrogen) atoms. The summed E-state index contributed by atoms with van der Waals surface area (Å²) >= 11 is 0. The van der Waals surface area contributed by atoms with Gasteiger partial charge in [0.2, 0.25) is 0 Å². The molecule has 0 bridgehead atoms. The first-order valence-corrected chi connectivity index (χ1v) is 7.96. The maximum atomic E-state index is 11.2. The lowest BCUT2D eigenvalue weighted by molar-refractivity contribution is 0.0963. The molecule has 0 spiro atoms. The first-order valence-electron chi connectivity index (χ1n) is 7.96. The summed E-state index contributed by atoms with van der Waals surface area (Å²) in [5.41, 5.74) is 1.97. The zero-order valence-corrected chi connectivity index (χ0v) is 14.6. The molecule has 3 heteroatoms. The van der Waals surface area contributed by atoms with Crippen molar-refractivity contribution < 1.29 is 4.79 Å². The molecule has 0 heterocycles. The van der Waals surface area contributed by atoms with E-state index in [0.717, 1.165) is 0 Å². The first kappa shape index (κ1) is 19.7. The monoisotopic (exact) mass is 292 g/mol. The van der Waals surface area contributed by atoms with Gasteiger partial charge in [0, 0.05) is 12.6 Å². The van der Waals surface area contributed by atoms with E-state index < -0.39 is 0 Å². The van der Waals surface area contributed by atoms with Gasteiger partial charge in [0.15, 0.2) is 0 Å². The molecule has 0 saturated carbocycles. The molecule has 0 aliphatic heterocycles. The lowest BCUT2D eigenvalue weighted by atomic mass is 10.0. The number of hydrogen-bond donors (Lipinski definition) is 1. The van der Waals surface area contributed by atoms with Crippen LogP contribution in [0.1, 0.15) is 62.4 Å². The summed E-state index contributed by atoms with van der Waals surface area (Å²) in [7, 11) is 3.81. The molecule has 1 rings (SSSR count). The van der Waals surface area contributed by atoms with E-state index in [-0.39, 0.29) is 5.91 Å². The maximum Gasteiger partial charge on any atom is 0.251 e. The van der Waals surface area contributed by atoms with Gasteiger partial charge in [-0.2, -0.15) is 0 Å². The summed E-state index contributed by atoms with van der Waals surface area (Å²) in [5.74, 6) is 0.481. The van der Waals surface area contributed by atoms with Crippen molar-refractivity contribution in [3.05, 3.63) is 35.4 Å². The van der Waals surface area contributed by atoms with Gasteiger partial charge in [-0.3, -0.25) is 4.79 Å². The van der Waals surface area contributed by atoms with Crippen LogP contribution >= 0.6 is 0 Å². The number of rotatable bonds is 6. The number of nitrogens with one attached hydrogen (secondary N) is 1. The van der Waals surface area contributed by atoms with Gasteiger partial charge in [-0.1, -0.05) is 39.8 Å². The lowest BCUT2D eigenvalue weighted by Gasteiger charge is -2.12. The molecule has 1 aromatic rings. The average Bonchev–Trinajstić information content (AvgIpc) is 2.47. The van der Waals surface area contributed by atoms with E-state index in [0.29, 0.717) is 11.5 Å². The van der Waals surface area contributed by atoms with Gasteiger partial charge in [0.25, 0.3) is 5.91 Å². The van der Waals surface area contributed by atoms with Gasteiger partial charge in [-0.15, -0.1) is 0 Å². The Morgan fingerprint density at radius 1 is 1.10 bits per heavy atom. The smallest absolute Gasteiger partial charge is 0.251 e. The molecule has 0 fully saturated rings. The van der Waals surface area contributed by atoms with Crippen molar-refractivity contribution in [1.82, 2.24) is 10.2 Å². The first-order chi connectivity index (χ1) is 9.96. The molecule has 0 unspecified atom stereocenters. The number of hydrogen-bond acceptors (Lipinski definition) is 2. The number of nitrogens with zero attached hydrogens (tertiary/aromatic N) is 1. The van der Waals surface area contributed by atoms with Crippen LogP contribution < -0.4 is 5.32 Å². The fraction of sp³-hybridized carbons (Fsp3) is 0.611. The highest BCUT2D eigenvalue weighted by molar-refractivity contribution is 5.93. The number of carbonyl (C=O) groups excluding carboxylic acids is 1. The largest absolute Gasteiger partial charge is 0.355 e. The summed E-state index contributed by atoms with van der Waals surface area (Å²) in [6, 6.07) is 7.70. The standard InChI is InChI=1S/C11H15NO.C7H17N/c1-8(2)9-4-6-10(7-5-9)11(13)12-3;1-4-6-8(3)7-5-2/h4-8H,1-3H3,(H,12,13);4-7H2,1-3H3. The molecule has 0 aliphatic carbocycles.